The van der Waals surface area contributed by atoms with Crippen molar-refractivity contribution in [2.75, 3.05) is 6.61 Å². The summed E-state index contributed by atoms with van der Waals surface area (Å²) in [6, 6.07) is 14.4. The van der Waals surface area contributed by atoms with Crippen molar-refractivity contribution in [2.45, 2.75) is 25.1 Å². The third-order valence-corrected chi connectivity index (χ3v) is 4.11. The van der Waals surface area contributed by atoms with E-state index in [1.54, 1.807) is 42.5 Å². The average Bonchev–Trinajstić information content (AvgIpc) is 2.76. The van der Waals surface area contributed by atoms with Crippen molar-refractivity contribution in [2.24, 2.45) is 0 Å². The molecule has 2 amide bonds. The van der Waals surface area contributed by atoms with Crippen LogP contribution in [0.1, 0.15) is 16.7 Å². The number of benzene rings is 2. The molecular weight excluding hydrogens is 390 g/mol. The van der Waals surface area contributed by atoms with Crippen LogP contribution >= 0.6 is 0 Å². The minimum atomic E-state index is -1.39. The second-order valence-electron chi connectivity index (χ2n) is 6.36. The van der Waals surface area contributed by atoms with Crippen LogP contribution in [-0.2, 0) is 27.4 Å². The van der Waals surface area contributed by atoms with E-state index >= 15 is 0 Å². The number of ether oxygens (including phenoxy) is 1. The maximum absolute atomic E-state index is 12.4. The number of aliphatic hydroxyl groups excluding tert-OH is 1. The molecule has 0 bridgehead atoms. The molecule has 2 aromatic rings. The molecule has 0 spiro atoms. The van der Waals surface area contributed by atoms with Crippen molar-refractivity contribution in [3.05, 3.63) is 71.3 Å². The number of nitrogens with one attached hydrogen (secondary N) is 2. The van der Waals surface area contributed by atoms with Gasteiger partial charge in [-0.1, -0.05) is 42.5 Å². The summed E-state index contributed by atoms with van der Waals surface area (Å²) in [6.07, 6.45) is -1.01. The lowest BCUT2D eigenvalue weighted by atomic mass is 10.0. The average molecular weight is 411 g/mol. The monoisotopic (exact) mass is 411 g/mol. The number of aliphatic carboxylic acids is 1. The number of carbonyl (C=O) groups is 3. The van der Waals surface area contributed by atoms with E-state index in [-0.39, 0.29) is 13.0 Å². The van der Waals surface area contributed by atoms with Gasteiger partial charge in [0.2, 0.25) is 5.91 Å². The van der Waals surface area contributed by atoms with Gasteiger partial charge in [0.05, 0.1) is 18.2 Å². The number of aliphatic hydroxyl groups is 1. The molecule has 2 atom stereocenters. The smallest absolute Gasteiger partial charge is 0.408 e. The number of nitriles is 1. The first-order valence-corrected chi connectivity index (χ1v) is 9.03. The van der Waals surface area contributed by atoms with Gasteiger partial charge in [0.15, 0.2) is 0 Å². The quantitative estimate of drug-likeness (QED) is 0.480. The number of carboxylic acid groups (broad SMARTS) is 1. The van der Waals surface area contributed by atoms with Crippen LogP contribution in [-0.4, -0.2) is 46.9 Å². The SMILES string of the molecule is N#Cc1cccc(C[C@H](NC(=O)[C@H](CO)NC(=O)OCc2ccccc2)C(=O)O)c1. The highest BCUT2D eigenvalue weighted by Crippen LogP contribution is 2.08. The van der Waals surface area contributed by atoms with Gasteiger partial charge in [0.1, 0.15) is 18.7 Å². The first kappa shape index (κ1) is 22.4. The van der Waals surface area contributed by atoms with Gasteiger partial charge < -0.3 is 25.6 Å². The molecule has 0 saturated carbocycles. The Labute approximate surface area is 172 Å². The van der Waals surface area contributed by atoms with Crippen molar-refractivity contribution in [3.63, 3.8) is 0 Å². The highest BCUT2D eigenvalue weighted by atomic mass is 16.5. The summed E-state index contributed by atoms with van der Waals surface area (Å²) in [5, 5.41) is 32.3. The summed E-state index contributed by atoms with van der Waals surface area (Å²) in [7, 11) is 0. The summed E-state index contributed by atoms with van der Waals surface area (Å²) < 4.78 is 5.00. The third-order valence-electron chi connectivity index (χ3n) is 4.11. The minimum absolute atomic E-state index is 0.0283. The van der Waals surface area contributed by atoms with Crippen molar-refractivity contribution in [1.29, 1.82) is 5.26 Å². The second kappa shape index (κ2) is 11.2. The summed E-state index contributed by atoms with van der Waals surface area (Å²) in [6.45, 7) is -0.776. The zero-order valence-electron chi connectivity index (χ0n) is 15.9. The molecule has 156 valence electrons. The van der Waals surface area contributed by atoms with Gasteiger partial charge in [-0.05, 0) is 23.3 Å². The maximum Gasteiger partial charge on any atom is 0.408 e. The van der Waals surface area contributed by atoms with Gasteiger partial charge in [0, 0.05) is 6.42 Å². The van der Waals surface area contributed by atoms with E-state index in [1.807, 2.05) is 12.1 Å². The fourth-order valence-electron chi connectivity index (χ4n) is 2.58. The van der Waals surface area contributed by atoms with Gasteiger partial charge in [0.25, 0.3) is 0 Å². The molecule has 0 saturated heterocycles. The van der Waals surface area contributed by atoms with E-state index in [2.05, 4.69) is 10.6 Å². The first-order chi connectivity index (χ1) is 14.4. The Balaban J connectivity index is 1.94. The van der Waals surface area contributed by atoms with Crippen LogP contribution in [0.2, 0.25) is 0 Å². The molecule has 9 nitrogen and oxygen atoms in total. The zero-order chi connectivity index (χ0) is 21.9. The number of hydrogen-bond donors (Lipinski definition) is 4. The van der Waals surface area contributed by atoms with Gasteiger partial charge in [-0.15, -0.1) is 0 Å². The van der Waals surface area contributed by atoms with E-state index in [0.717, 1.165) is 5.56 Å². The lowest BCUT2D eigenvalue weighted by molar-refractivity contribution is -0.142. The van der Waals surface area contributed by atoms with E-state index in [0.29, 0.717) is 11.1 Å². The van der Waals surface area contributed by atoms with Crippen LogP contribution in [0.4, 0.5) is 4.79 Å². The highest BCUT2D eigenvalue weighted by molar-refractivity contribution is 5.89. The van der Waals surface area contributed by atoms with Crippen LogP contribution in [0.15, 0.2) is 54.6 Å². The Morgan fingerprint density at radius 3 is 2.33 bits per heavy atom. The van der Waals surface area contributed by atoms with Crippen molar-refractivity contribution in [3.8, 4) is 6.07 Å². The molecule has 0 aromatic heterocycles. The molecule has 2 rings (SSSR count). The topological polar surface area (TPSA) is 149 Å². The third kappa shape index (κ3) is 6.92. The van der Waals surface area contributed by atoms with E-state index in [4.69, 9.17) is 10.00 Å². The Kier molecular flexibility index (Phi) is 8.35. The van der Waals surface area contributed by atoms with Gasteiger partial charge in [-0.25, -0.2) is 9.59 Å². The van der Waals surface area contributed by atoms with Crippen LogP contribution in [0, 0.1) is 11.3 Å². The molecule has 9 heteroatoms. The molecule has 0 fully saturated rings. The number of amides is 2. The van der Waals surface area contributed by atoms with Gasteiger partial charge in [-0.2, -0.15) is 5.26 Å². The summed E-state index contributed by atoms with van der Waals surface area (Å²) >= 11 is 0. The Morgan fingerprint density at radius 1 is 1.00 bits per heavy atom. The Bertz CT molecular complexity index is 926. The molecule has 0 aliphatic heterocycles. The lowest BCUT2D eigenvalue weighted by Gasteiger charge is -2.20. The number of hydrogen-bond acceptors (Lipinski definition) is 6. The van der Waals surface area contributed by atoms with Crippen LogP contribution in [0.5, 0.6) is 0 Å². The Hall–Kier alpha value is -3.90. The first-order valence-electron chi connectivity index (χ1n) is 9.03. The van der Waals surface area contributed by atoms with Gasteiger partial charge >= 0.3 is 12.1 Å². The zero-order valence-corrected chi connectivity index (χ0v) is 15.9. The largest absolute Gasteiger partial charge is 0.480 e. The predicted octanol–water partition coefficient (Wildman–Crippen LogP) is 0.957. The van der Waals surface area contributed by atoms with E-state index < -0.39 is 36.7 Å². The van der Waals surface area contributed by atoms with Crippen molar-refractivity contribution < 1.29 is 29.3 Å². The summed E-state index contributed by atoms with van der Waals surface area (Å²) in [5.41, 5.74) is 1.64. The molecular formula is C21H21N3O6. The van der Waals surface area contributed by atoms with E-state index in [1.165, 1.54) is 6.07 Å². The molecule has 0 aliphatic rings. The van der Waals surface area contributed by atoms with Crippen molar-refractivity contribution >= 4 is 18.0 Å². The normalized spacial score (nSPS) is 12.1. The van der Waals surface area contributed by atoms with E-state index in [9.17, 15) is 24.6 Å². The number of alkyl carbamates (subject to hydrolysis) is 1. The summed E-state index contributed by atoms with van der Waals surface area (Å²) in [5.74, 6) is -2.17. The van der Waals surface area contributed by atoms with Crippen LogP contribution in [0.3, 0.4) is 0 Å². The molecule has 0 aliphatic carbocycles. The summed E-state index contributed by atoms with van der Waals surface area (Å²) in [4.78, 5) is 35.8. The highest BCUT2D eigenvalue weighted by Gasteiger charge is 2.26. The van der Waals surface area contributed by atoms with Crippen LogP contribution < -0.4 is 10.6 Å². The molecule has 4 N–H and O–H groups in total. The molecule has 2 aromatic carbocycles. The lowest BCUT2D eigenvalue weighted by Crippen LogP contribution is -2.53. The van der Waals surface area contributed by atoms with Crippen molar-refractivity contribution in [1.82, 2.24) is 10.6 Å². The number of carbonyl (C=O) groups excluding carboxylic acids is 2. The predicted molar refractivity (Wildman–Crippen MR) is 105 cm³/mol. The Morgan fingerprint density at radius 2 is 1.70 bits per heavy atom. The molecule has 30 heavy (non-hydrogen) atoms. The standard InChI is InChI=1S/C21H21N3O6/c22-11-16-8-4-7-15(9-16)10-17(20(27)28)23-19(26)18(12-25)24-21(29)30-13-14-5-2-1-3-6-14/h1-9,17-18,25H,10,12-13H2,(H,23,26)(H,24,29)(H,27,28)/t17-,18-/m0/s1. The molecule has 0 radical (unpaired) electrons. The number of rotatable bonds is 9. The molecule has 0 heterocycles. The molecule has 0 unspecified atom stereocenters. The fourth-order valence-corrected chi connectivity index (χ4v) is 2.58. The minimum Gasteiger partial charge on any atom is -0.480 e. The van der Waals surface area contributed by atoms with Crippen LogP contribution in [0.25, 0.3) is 0 Å². The van der Waals surface area contributed by atoms with Gasteiger partial charge in [-0.3, -0.25) is 4.79 Å². The second-order valence-corrected chi connectivity index (χ2v) is 6.36. The number of nitrogens with zero attached hydrogens (tertiary/aromatic N) is 1. The fraction of sp³-hybridized carbons (Fsp3) is 0.238. The maximum atomic E-state index is 12.4. The number of carboxylic acids is 1.